The van der Waals surface area contributed by atoms with Crippen LogP contribution in [0.3, 0.4) is 0 Å². The van der Waals surface area contributed by atoms with Crippen molar-refractivity contribution in [3.8, 4) is 5.88 Å². The van der Waals surface area contributed by atoms with Gasteiger partial charge >= 0.3 is 0 Å². The van der Waals surface area contributed by atoms with Crippen LogP contribution in [0, 0.1) is 0 Å². The third kappa shape index (κ3) is 3.56. The third-order valence-corrected chi connectivity index (χ3v) is 3.24. The lowest BCUT2D eigenvalue weighted by molar-refractivity contribution is 0.148. The summed E-state index contributed by atoms with van der Waals surface area (Å²) in [6, 6.07) is 1.71. The Bertz CT molecular complexity index is 376. The molecular formula is C13H19ClN2O. The zero-order valence-electron chi connectivity index (χ0n) is 10.4. The van der Waals surface area contributed by atoms with Gasteiger partial charge in [-0.05, 0) is 25.7 Å². The minimum absolute atomic E-state index is 0.266. The molecule has 0 aliphatic heterocycles. The van der Waals surface area contributed by atoms with Crippen molar-refractivity contribution in [2.45, 2.75) is 58.0 Å². The maximum atomic E-state index is 5.98. The first-order valence-corrected chi connectivity index (χ1v) is 6.74. The molecule has 1 saturated carbocycles. The van der Waals surface area contributed by atoms with E-state index < -0.39 is 0 Å². The second-order valence-corrected chi connectivity index (χ2v) is 5.31. The molecule has 0 atom stereocenters. The Morgan fingerprint density at radius 2 is 1.94 bits per heavy atom. The van der Waals surface area contributed by atoms with Gasteiger partial charge in [-0.2, -0.15) is 4.98 Å². The first-order valence-electron chi connectivity index (χ1n) is 6.36. The molecule has 17 heavy (non-hydrogen) atoms. The lowest BCUT2D eigenvalue weighted by atomic mass is 9.98. The highest BCUT2D eigenvalue weighted by atomic mass is 35.5. The van der Waals surface area contributed by atoms with E-state index >= 15 is 0 Å². The van der Waals surface area contributed by atoms with Gasteiger partial charge in [-0.3, -0.25) is 0 Å². The van der Waals surface area contributed by atoms with Gasteiger partial charge in [0.15, 0.2) is 0 Å². The average Bonchev–Trinajstić information content (AvgIpc) is 2.29. The number of hydrogen-bond donors (Lipinski definition) is 0. The van der Waals surface area contributed by atoms with E-state index in [-0.39, 0.29) is 5.92 Å². The van der Waals surface area contributed by atoms with Crippen LogP contribution in [0.1, 0.15) is 57.7 Å². The number of rotatable bonds is 3. The SMILES string of the molecule is CC(C)c1nc(Cl)cc(OC2CCCCC2)n1. The van der Waals surface area contributed by atoms with Gasteiger partial charge in [-0.25, -0.2) is 4.98 Å². The molecule has 3 nitrogen and oxygen atoms in total. The van der Waals surface area contributed by atoms with Crippen molar-refractivity contribution in [3.05, 3.63) is 17.0 Å². The van der Waals surface area contributed by atoms with E-state index in [0.717, 1.165) is 18.7 Å². The molecule has 4 heteroatoms. The summed E-state index contributed by atoms with van der Waals surface area (Å²) >= 11 is 5.98. The summed E-state index contributed by atoms with van der Waals surface area (Å²) in [5.41, 5.74) is 0. The second-order valence-electron chi connectivity index (χ2n) is 4.92. The van der Waals surface area contributed by atoms with Crippen LogP contribution in [0.5, 0.6) is 5.88 Å². The standard InChI is InChI=1S/C13H19ClN2O/c1-9(2)13-15-11(14)8-12(16-13)17-10-6-4-3-5-7-10/h8-10H,3-7H2,1-2H3. The van der Waals surface area contributed by atoms with Crippen molar-refractivity contribution in [1.82, 2.24) is 9.97 Å². The molecule has 1 fully saturated rings. The summed E-state index contributed by atoms with van der Waals surface area (Å²) in [5.74, 6) is 1.64. The van der Waals surface area contributed by atoms with Gasteiger partial charge in [-0.1, -0.05) is 31.9 Å². The van der Waals surface area contributed by atoms with E-state index in [1.807, 2.05) is 0 Å². The molecule has 0 amide bonds. The Hall–Kier alpha value is -0.830. The molecule has 94 valence electrons. The molecule has 1 aliphatic carbocycles. The summed E-state index contributed by atoms with van der Waals surface area (Å²) in [7, 11) is 0. The largest absolute Gasteiger partial charge is 0.474 e. The van der Waals surface area contributed by atoms with E-state index in [1.165, 1.54) is 19.3 Å². The average molecular weight is 255 g/mol. The van der Waals surface area contributed by atoms with Crippen LogP contribution in [0.2, 0.25) is 5.15 Å². The maximum absolute atomic E-state index is 5.98. The fourth-order valence-electron chi connectivity index (χ4n) is 2.09. The highest BCUT2D eigenvalue weighted by Crippen LogP contribution is 2.24. The summed E-state index contributed by atoms with van der Waals surface area (Å²) in [6.07, 6.45) is 6.37. The summed E-state index contributed by atoms with van der Waals surface area (Å²) in [5, 5.41) is 0.467. The van der Waals surface area contributed by atoms with Crippen LogP contribution in [0.25, 0.3) is 0 Å². The lowest BCUT2D eigenvalue weighted by Gasteiger charge is -2.22. The van der Waals surface area contributed by atoms with Crippen molar-refractivity contribution in [2.75, 3.05) is 0 Å². The second kappa shape index (κ2) is 5.67. The molecule has 1 aromatic heterocycles. The fourth-order valence-corrected chi connectivity index (χ4v) is 2.27. The van der Waals surface area contributed by atoms with Crippen molar-refractivity contribution in [1.29, 1.82) is 0 Å². The quantitative estimate of drug-likeness (QED) is 0.766. The first kappa shape index (κ1) is 12.6. The molecule has 0 unspecified atom stereocenters. The highest BCUT2D eigenvalue weighted by molar-refractivity contribution is 6.29. The lowest BCUT2D eigenvalue weighted by Crippen LogP contribution is -2.20. The Kier molecular flexibility index (Phi) is 4.21. The predicted octanol–water partition coefficient (Wildman–Crippen LogP) is 3.96. The molecule has 2 rings (SSSR count). The van der Waals surface area contributed by atoms with Gasteiger partial charge in [0.25, 0.3) is 0 Å². The highest BCUT2D eigenvalue weighted by Gasteiger charge is 2.16. The monoisotopic (exact) mass is 254 g/mol. The van der Waals surface area contributed by atoms with Crippen molar-refractivity contribution in [3.63, 3.8) is 0 Å². The molecule has 1 aromatic rings. The number of nitrogens with zero attached hydrogens (tertiary/aromatic N) is 2. The van der Waals surface area contributed by atoms with Gasteiger partial charge in [0.1, 0.15) is 17.1 Å². The van der Waals surface area contributed by atoms with E-state index in [1.54, 1.807) is 6.07 Å². The molecule has 0 radical (unpaired) electrons. The molecule has 0 spiro atoms. The summed E-state index contributed by atoms with van der Waals surface area (Å²) in [4.78, 5) is 8.61. The van der Waals surface area contributed by atoms with Crippen molar-refractivity contribution >= 4 is 11.6 Å². The topological polar surface area (TPSA) is 35.0 Å². The molecule has 1 aliphatic rings. The predicted molar refractivity (Wildman–Crippen MR) is 68.6 cm³/mol. The molecule has 0 bridgehead atoms. The van der Waals surface area contributed by atoms with Crippen LogP contribution in [0.4, 0.5) is 0 Å². The normalized spacial score (nSPS) is 17.4. The molecule has 0 saturated heterocycles. The van der Waals surface area contributed by atoms with Gasteiger partial charge < -0.3 is 4.74 Å². The Morgan fingerprint density at radius 1 is 1.24 bits per heavy atom. The van der Waals surface area contributed by atoms with Crippen LogP contribution in [0.15, 0.2) is 6.07 Å². The van der Waals surface area contributed by atoms with Crippen molar-refractivity contribution < 1.29 is 4.74 Å². The van der Waals surface area contributed by atoms with E-state index in [9.17, 15) is 0 Å². The van der Waals surface area contributed by atoms with Crippen LogP contribution < -0.4 is 4.74 Å². The molecular weight excluding hydrogens is 236 g/mol. The maximum Gasteiger partial charge on any atom is 0.218 e. The van der Waals surface area contributed by atoms with Crippen LogP contribution in [-0.4, -0.2) is 16.1 Å². The minimum atomic E-state index is 0.266. The van der Waals surface area contributed by atoms with E-state index in [2.05, 4.69) is 23.8 Å². The van der Waals surface area contributed by atoms with Gasteiger partial charge in [-0.15, -0.1) is 0 Å². The van der Waals surface area contributed by atoms with Gasteiger partial charge in [0, 0.05) is 12.0 Å². The van der Waals surface area contributed by atoms with E-state index in [0.29, 0.717) is 17.1 Å². The van der Waals surface area contributed by atoms with Gasteiger partial charge in [0.05, 0.1) is 0 Å². The van der Waals surface area contributed by atoms with Crippen LogP contribution >= 0.6 is 11.6 Å². The number of ether oxygens (including phenoxy) is 1. The molecule has 1 heterocycles. The summed E-state index contributed by atoms with van der Waals surface area (Å²) in [6.45, 7) is 4.10. The zero-order valence-corrected chi connectivity index (χ0v) is 11.2. The summed E-state index contributed by atoms with van der Waals surface area (Å²) < 4.78 is 5.89. The Morgan fingerprint density at radius 3 is 2.59 bits per heavy atom. The van der Waals surface area contributed by atoms with Gasteiger partial charge in [0.2, 0.25) is 5.88 Å². The minimum Gasteiger partial charge on any atom is -0.474 e. The number of aromatic nitrogens is 2. The smallest absolute Gasteiger partial charge is 0.218 e. The number of halogens is 1. The first-order chi connectivity index (χ1) is 8.15. The molecule has 0 N–H and O–H groups in total. The van der Waals surface area contributed by atoms with E-state index in [4.69, 9.17) is 16.3 Å². The Balaban J connectivity index is 2.09. The third-order valence-electron chi connectivity index (χ3n) is 3.04. The molecule has 0 aromatic carbocycles. The van der Waals surface area contributed by atoms with Crippen molar-refractivity contribution in [2.24, 2.45) is 0 Å². The fraction of sp³-hybridized carbons (Fsp3) is 0.692. The zero-order chi connectivity index (χ0) is 12.3. The number of hydrogen-bond acceptors (Lipinski definition) is 3. The van der Waals surface area contributed by atoms with Crippen LogP contribution in [-0.2, 0) is 0 Å². The Labute approximate surface area is 108 Å².